The lowest BCUT2D eigenvalue weighted by molar-refractivity contribution is -0.154. The number of carbonyl (C=O) groups excluding carboxylic acids is 3. The Kier molecular flexibility index (Phi) is 7.17. The van der Waals surface area contributed by atoms with Gasteiger partial charge < -0.3 is 9.47 Å². The van der Waals surface area contributed by atoms with Gasteiger partial charge >= 0.3 is 11.7 Å². The molecule has 10 nitrogen and oxygen atoms in total. The summed E-state index contributed by atoms with van der Waals surface area (Å²) in [6.07, 6.45) is 0. The summed E-state index contributed by atoms with van der Waals surface area (Å²) >= 11 is 0. The van der Waals surface area contributed by atoms with Crippen LogP contribution in [0.3, 0.4) is 0 Å². The summed E-state index contributed by atoms with van der Waals surface area (Å²) in [5.41, 5.74) is 1.84. The largest absolute Gasteiger partial charge is 0.489 e. The first-order valence-electron chi connectivity index (χ1n) is 10.3. The van der Waals surface area contributed by atoms with Crippen molar-refractivity contribution >= 4 is 17.5 Å². The van der Waals surface area contributed by atoms with Gasteiger partial charge in [0.05, 0.1) is 18.2 Å². The molecule has 1 heterocycles. The highest BCUT2D eigenvalue weighted by Gasteiger charge is 2.29. The maximum Gasteiger partial charge on any atom is 0.375 e. The van der Waals surface area contributed by atoms with Crippen LogP contribution < -0.4 is 10.4 Å². The van der Waals surface area contributed by atoms with Gasteiger partial charge in [-0.15, -0.1) is 0 Å². The fourth-order valence-electron chi connectivity index (χ4n) is 3.17. The van der Waals surface area contributed by atoms with Gasteiger partial charge in [0.1, 0.15) is 12.4 Å². The maximum atomic E-state index is 12.7. The van der Waals surface area contributed by atoms with Gasteiger partial charge in [-0.1, -0.05) is 18.2 Å². The van der Waals surface area contributed by atoms with Crippen LogP contribution in [0.5, 0.6) is 5.75 Å². The van der Waals surface area contributed by atoms with Crippen LogP contribution in [0.4, 0.5) is 0 Å². The highest BCUT2D eigenvalue weighted by Crippen LogP contribution is 2.23. The molecule has 1 aromatic heterocycles. The average Bonchev–Trinajstić information content (AvgIpc) is 3.15. The molecule has 0 spiro atoms. The third-order valence-electron chi connectivity index (χ3n) is 5.05. The Labute approximate surface area is 189 Å². The van der Waals surface area contributed by atoms with Gasteiger partial charge in [-0.05, 0) is 61.0 Å². The first kappa shape index (κ1) is 23.6. The van der Waals surface area contributed by atoms with E-state index in [1.54, 1.807) is 44.2 Å². The minimum Gasteiger partial charge on any atom is -0.489 e. The van der Waals surface area contributed by atoms with E-state index in [2.05, 4.69) is 15.2 Å². The molecule has 0 aliphatic heterocycles. The van der Waals surface area contributed by atoms with Crippen LogP contribution in [-0.2, 0) is 28.0 Å². The lowest BCUT2D eigenvalue weighted by Gasteiger charge is -2.14. The molecule has 0 saturated carbocycles. The van der Waals surface area contributed by atoms with Gasteiger partial charge in [-0.3, -0.25) is 9.59 Å². The molecule has 0 fully saturated rings. The van der Waals surface area contributed by atoms with Crippen molar-refractivity contribution in [2.24, 2.45) is 13.0 Å². The van der Waals surface area contributed by atoms with Crippen LogP contribution in [-0.4, -0.2) is 43.9 Å². The summed E-state index contributed by atoms with van der Waals surface area (Å²) in [5.74, 6) is -2.99. The Bertz CT molecular complexity index is 1260. The summed E-state index contributed by atoms with van der Waals surface area (Å²) in [6.45, 7) is 4.94. The molecule has 3 rings (SSSR count). The van der Waals surface area contributed by atoms with E-state index >= 15 is 0 Å². The molecule has 0 radical (unpaired) electrons. The Hall–Kier alpha value is -4.08. The zero-order chi connectivity index (χ0) is 24.1. The molecule has 2 aromatic carbocycles. The molecule has 0 saturated heterocycles. The number of ketones is 2. The smallest absolute Gasteiger partial charge is 0.375 e. The van der Waals surface area contributed by atoms with Crippen LogP contribution in [0.1, 0.15) is 35.3 Å². The second-order valence-electron chi connectivity index (χ2n) is 7.37. The fraction of sp³-hybridized carbons (Fsp3) is 0.304. The zero-order valence-electron chi connectivity index (χ0n) is 18.8. The number of tetrazole rings is 1. The first-order valence-corrected chi connectivity index (χ1v) is 10.3. The summed E-state index contributed by atoms with van der Waals surface area (Å²) in [5, 5.41) is 7.60. The minimum atomic E-state index is -1.15. The highest BCUT2D eigenvalue weighted by molar-refractivity contribution is 6.39. The van der Waals surface area contributed by atoms with Gasteiger partial charge in [0.25, 0.3) is 5.78 Å². The number of Topliss-reactive ketones (excluding diaryl/α,β-unsaturated/α-hetero) is 2. The van der Waals surface area contributed by atoms with Gasteiger partial charge in [0, 0.05) is 18.2 Å². The fourth-order valence-corrected chi connectivity index (χ4v) is 3.17. The van der Waals surface area contributed by atoms with Crippen LogP contribution in [0, 0.1) is 12.8 Å². The van der Waals surface area contributed by atoms with E-state index < -0.39 is 23.5 Å². The summed E-state index contributed by atoms with van der Waals surface area (Å²) in [4.78, 5) is 48.6. The molecule has 0 aliphatic rings. The number of hydrogen-bond donors (Lipinski definition) is 0. The maximum absolute atomic E-state index is 12.7. The molecule has 10 heteroatoms. The Balaban J connectivity index is 1.75. The Morgan fingerprint density at radius 1 is 1.09 bits per heavy atom. The first-order chi connectivity index (χ1) is 15.7. The summed E-state index contributed by atoms with van der Waals surface area (Å²) < 4.78 is 12.9. The third kappa shape index (κ3) is 5.05. The van der Waals surface area contributed by atoms with E-state index in [0.29, 0.717) is 22.6 Å². The van der Waals surface area contributed by atoms with E-state index in [0.717, 1.165) is 4.68 Å². The van der Waals surface area contributed by atoms with Gasteiger partial charge in [-0.25, -0.2) is 9.59 Å². The van der Waals surface area contributed by atoms with Gasteiger partial charge in [0.15, 0.2) is 5.78 Å². The summed E-state index contributed by atoms with van der Waals surface area (Å²) in [7, 11) is 1.51. The molecule has 33 heavy (non-hydrogen) atoms. The number of para-hydroxylation sites is 1. The molecule has 0 aliphatic carbocycles. The highest BCUT2D eigenvalue weighted by atomic mass is 16.5. The number of esters is 1. The standard InChI is InChI=1S/C23H24N4O6/c1-5-32-22(30)21(29)15(3)20(28)16-10-11-19(14(2)12-16)33-13-17-8-6-7-9-18(17)27-23(31)26(4)24-25-27/h6-12,15H,5,13H2,1-4H3. The molecule has 3 aromatic rings. The van der Waals surface area contributed by atoms with E-state index in [9.17, 15) is 19.2 Å². The number of nitrogens with zero attached hydrogens (tertiary/aromatic N) is 4. The van der Waals surface area contributed by atoms with E-state index in [1.165, 1.54) is 18.7 Å². The third-order valence-corrected chi connectivity index (χ3v) is 5.05. The Morgan fingerprint density at radius 3 is 2.45 bits per heavy atom. The second kappa shape index (κ2) is 10.0. The van der Waals surface area contributed by atoms with Crippen molar-refractivity contribution in [3.63, 3.8) is 0 Å². The van der Waals surface area contributed by atoms with Crippen molar-refractivity contribution in [1.82, 2.24) is 19.8 Å². The molecule has 1 atom stereocenters. The van der Waals surface area contributed by atoms with Crippen molar-refractivity contribution in [2.75, 3.05) is 6.61 Å². The van der Waals surface area contributed by atoms with Gasteiger partial charge in [0.2, 0.25) is 0 Å². The second-order valence-corrected chi connectivity index (χ2v) is 7.37. The normalized spacial score (nSPS) is 11.6. The van der Waals surface area contributed by atoms with Crippen molar-refractivity contribution in [2.45, 2.75) is 27.4 Å². The van der Waals surface area contributed by atoms with Crippen LogP contribution >= 0.6 is 0 Å². The lowest BCUT2D eigenvalue weighted by Crippen LogP contribution is -2.29. The van der Waals surface area contributed by atoms with Crippen molar-refractivity contribution in [3.8, 4) is 11.4 Å². The predicted octanol–water partition coefficient (Wildman–Crippen LogP) is 1.80. The van der Waals surface area contributed by atoms with Crippen molar-refractivity contribution in [1.29, 1.82) is 0 Å². The molecule has 172 valence electrons. The van der Waals surface area contributed by atoms with Crippen LogP contribution in [0.25, 0.3) is 5.69 Å². The van der Waals surface area contributed by atoms with Gasteiger partial charge in [-0.2, -0.15) is 9.36 Å². The van der Waals surface area contributed by atoms with Crippen LogP contribution in [0.2, 0.25) is 0 Å². The monoisotopic (exact) mass is 452 g/mol. The number of carbonyl (C=O) groups is 3. The average molecular weight is 452 g/mol. The molecular weight excluding hydrogens is 428 g/mol. The predicted molar refractivity (Wildman–Crippen MR) is 117 cm³/mol. The van der Waals surface area contributed by atoms with E-state index in [4.69, 9.17) is 4.74 Å². The minimum absolute atomic E-state index is 0.0608. The zero-order valence-corrected chi connectivity index (χ0v) is 18.8. The molecule has 1 unspecified atom stereocenters. The molecule has 0 amide bonds. The SMILES string of the molecule is CCOC(=O)C(=O)C(C)C(=O)c1ccc(OCc2ccccc2-n2nnn(C)c2=O)c(C)c1. The topological polar surface area (TPSA) is 122 Å². The lowest BCUT2D eigenvalue weighted by atomic mass is 9.94. The molecule has 0 N–H and O–H groups in total. The van der Waals surface area contributed by atoms with E-state index in [1.807, 2.05) is 12.1 Å². The van der Waals surface area contributed by atoms with E-state index in [-0.39, 0.29) is 24.5 Å². The molecule has 0 bridgehead atoms. The molecular formula is C23H24N4O6. The Morgan fingerprint density at radius 2 is 1.82 bits per heavy atom. The number of aromatic nitrogens is 4. The van der Waals surface area contributed by atoms with Crippen molar-refractivity contribution in [3.05, 3.63) is 69.6 Å². The number of aryl methyl sites for hydroxylation is 2. The number of hydrogen-bond acceptors (Lipinski definition) is 8. The van der Waals surface area contributed by atoms with Crippen molar-refractivity contribution < 1.29 is 23.9 Å². The summed E-state index contributed by atoms with van der Waals surface area (Å²) in [6, 6.07) is 11.9. The number of benzene rings is 2. The quantitative estimate of drug-likeness (QED) is 0.208. The van der Waals surface area contributed by atoms with Crippen LogP contribution in [0.15, 0.2) is 47.3 Å². The number of rotatable bonds is 9. The number of ether oxygens (including phenoxy) is 2.